The number of rotatable bonds is 6. The molecule has 40 heavy (non-hydrogen) atoms. The lowest BCUT2D eigenvalue weighted by Gasteiger charge is -2.36. The van der Waals surface area contributed by atoms with Crippen molar-refractivity contribution in [3.8, 4) is 0 Å². The van der Waals surface area contributed by atoms with E-state index in [4.69, 9.17) is 17.2 Å². The molecule has 1 unspecified atom stereocenters. The van der Waals surface area contributed by atoms with Gasteiger partial charge in [-0.1, -0.05) is 90.7 Å². The monoisotopic (exact) mass is 567 g/mol. The zero-order chi connectivity index (χ0) is 27.6. The van der Waals surface area contributed by atoms with E-state index < -0.39 is 0 Å². The summed E-state index contributed by atoms with van der Waals surface area (Å²) in [6, 6.07) is 25.6. The molecule has 1 amide bonds. The van der Waals surface area contributed by atoms with E-state index in [1.165, 1.54) is 21.7 Å². The minimum atomic E-state index is -0.215. The van der Waals surface area contributed by atoms with Gasteiger partial charge >= 0.3 is 0 Å². The molecule has 7 nitrogen and oxygen atoms in total. The third kappa shape index (κ3) is 5.20. The maximum Gasteiger partial charge on any atom is 0.267 e. The lowest BCUT2D eigenvalue weighted by Crippen LogP contribution is -2.47. The van der Waals surface area contributed by atoms with Crippen LogP contribution < -0.4 is 10.5 Å². The number of hydrogen-bond acceptors (Lipinski definition) is 7. The average Bonchev–Trinajstić information content (AvgIpc) is 3.27. The molecule has 0 bridgehead atoms. The molecule has 4 heterocycles. The number of carbonyl (C=O) groups excluding carboxylic acids is 1. The first-order valence-corrected chi connectivity index (χ1v) is 14.6. The van der Waals surface area contributed by atoms with Crippen molar-refractivity contribution in [1.29, 1.82) is 0 Å². The molecule has 0 saturated carbocycles. The molecule has 2 fully saturated rings. The quantitative estimate of drug-likeness (QED) is 0.241. The topological polar surface area (TPSA) is 61.2 Å². The Morgan fingerprint density at radius 2 is 1.60 bits per heavy atom. The highest BCUT2D eigenvalue weighted by atomic mass is 32.2. The number of carbonyl (C=O) groups is 1. The Balaban J connectivity index is 1.32. The fourth-order valence-corrected chi connectivity index (χ4v) is 6.64. The van der Waals surface area contributed by atoms with E-state index in [0.717, 1.165) is 38.3 Å². The second-order valence-electron chi connectivity index (χ2n) is 9.97. The van der Waals surface area contributed by atoms with Crippen molar-refractivity contribution in [2.24, 2.45) is 0 Å². The summed E-state index contributed by atoms with van der Waals surface area (Å²) in [6.07, 6.45) is 3.41. The summed E-state index contributed by atoms with van der Waals surface area (Å²) in [5, 5.41) is 0. The molecular weight excluding hydrogens is 539 g/mol. The highest BCUT2D eigenvalue weighted by Gasteiger charge is 2.36. The van der Waals surface area contributed by atoms with E-state index in [1.54, 1.807) is 17.2 Å². The molecule has 9 heteroatoms. The van der Waals surface area contributed by atoms with Crippen LogP contribution in [0.2, 0.25) is 0 Å². The van der Waals surface area contributed by atoms with Crippen molar-refractivity contribution in [1.82, 2.24) is 19.2 Å². The zero-order valence-corrected chi connectivity index (χ0v) is 23.8. The Hall–Kier alpha value is -3.79. The number of amides is 1. The number of aromatic nitrogens is 2. The average molecular weight is 568 g/mol. The van der Waals surface area contributed by atoms with Crippen molar-refractivity contribution in [2.45, 2.75) is 19.5 Å². The molecule has 0 spiro atoms. The maximum absolute atomic E-state index is 13.8. The summed E-state index contributed by atoms with van der Waals surface area (Å²) in [4.78, 5) is 39.0. The minimum Gasteiger partial charge on any atom is -0.353 e. The van der Waals surface area contributed by atoms with E-state index in [0.29, 0.717) is 26.3 Å². The fourth-order valence-electron chi connectivity index (χ4n) is 5.24. The number of hydrogen-bond donors (Lipinski definition) is 0. The first-order valence-electron chi connectivity index (χ1n) is 13.3. The van der Waals surface area contributed by atoms with E-state index in [-0.39, 0.29) is 17.5 Å². The highest BCUT2D eigenvalue weighted by molar-refractivity contribution is 8.26. The lowest BCUT2D eigenvalue weighted by molar-refractivity contribution is -0.123. The van der Waals surface area contributed by atoms with Crippen molar-refractivity contribution < 1.29 is 4.79 Å². The minimum absolute atomic E-state index is 0.192. The second kappa shape index (κ2) is 11.4. The Morgan fingerprint density at radius 1 is 0.925 bits per heavy atom. The van der Waals surface area contributed by atoms with Gasteiger partial charge in [-0.05, 0) is 36.3 Å². The van der Waals surface area contributed by atoms with Crippen LogP contribution in [0.5, 0.6) is 0 Å². The molecule has 202 valence electrons. The number of piperazine rings is 1. The van der Waals surface area contributed by atoms with Crippen LogP contribution in [0.4, 0.5) is 5.82 Å². The molecule has 2 aliphatic heterocycles. The summed E-state index contributed by atoms with van der Waals surface area (Å²) >= 11 is 6.87. The first kappa shape index (κ1) is 26.4. The van der Waals surface area contributed by atoms with Crippen LogP contribution >= 0.6 is 24.0 Å². The van der Waals surface area contributed by atoms with Crippen LogP contribution in [0.1, 0.15) is 29.7 Å². The fraction of sp³-hybridized carbons (Fsp3) is 0.226. The van der Waals surface area contributed by atoms with E-state index in [1.807, 2.05) is 61.5 Å². The SMILES string of the molecule is CC(c1ccccc1)N1C(=O)C(=Cc2c(N3CCN(Cc4ccccc4)CC3)nc3ccccn3c2=O)SC1=S. The second-order valence-corrected chi connectivity index (χ2v) is 11.6. The normalized spacial score (nSPS) is 18.2. The van der Waals surface area contributed by atoms with Crippen LogP contribution in [0.15, 0.2) is 94.8 Å². The molecule has 2 aromatic carbocycles. The molecule has 0 radical (unpaired) electrons. The smallest absolute Gasteiger partial charge is 0.267 e. The number of anilines is 1. The molecule has 0 aliphatic carbocycles. The van der Waals surface area contributed by atoms with Crippen molar-refractivity contribution in [3.63, 3.8) is 0 Å². The number of nitrogens with zero attached hydrogens (tertiary/aromatic N) is 5. The molecule has 1 atom stereocenters. The number of benzene rings is 2. The molecule has 2 saturated heterocycles. The number of fused-ring (bicyclic) bond motifs is 1. The summed E-state index contributed by atoms with van der Waals surface area (Å²) in [5.74, 6) is 0.416. The van der Waals surface area contributed by atoms with Crippen LogP contribution in [0.25, 0.3) is 11.7 Å². The third-order valence-corrected chi connectivity index (χ3v) is 8.77. The van der Waals surface area contributed by atoms with Gasteiger partial charge in [0.15, 0.2) is 0 Å². The lowest BCUT2D eigenvalue weighted by atomic mass is 10.1. The van der Waals surface area contributed by atoms with Crippen molar-refractivity contribution in [3.05, 3.63) is 117 Å². The van der Waals surface area contributed by atoms with E-state index in [9.17, 15) is 9.59 Å². The summed E-state index contributed by atoms with van der Waals surface area (Å²) in [7, 11) is 0. The van der Waals surface area contributed by atoms with Gasteiger partial charge in [0.25, 0.3) is 11.5 Å². The first-order chi connectivity index (χ1) is 19.5. The predicted octanol–water partition coefficient (Wildman–Crippen LogP) is 4.98. The molecule has 4 aromatic rings. The maximum atomic E-state index is 13.8. The van der Waals surface area contributed by atoms with Crippen molar-refractivity contribution in [2.75, 3.05) is 31.1 Å². The van der Waals surface area contributed by atoms with Crippen molar-refractivity contribution >= 4 is 51.7 Å². The highest BCUT2D eigenvalue weighted by Crippen LogP contribution is 2.38. The summed E-state index contributed by atoms with van der Waals surface area (Å²) in [5.41, 5.74) is 3.07. The van der Waals surface area contributed by atoms with Crippen LogP contribution in [-0.2, 0) is 11.3 Å². The third-order valence-electron chi connectivity index (χ3n) is 7.44. The molecule has 2 aliphatic rings. The summed E-state index contributed by atoms with van der Waals surface area (Å²) in [6.45, 7) is 6.01. The van der Waals surface area contributed by atoms with Gasteiger partial charge in [-0.15, -0.1) is 0 Å². The molecular formula is C31H29N5O2S2. The predicted molar refractivity (Wildman–Crippen MR) is 165 cm³/mol. The van der Waals surface area contributed by atoms with E-state index >= 15 is 0 Å². The molecule has 2 aromatic heterocycles. The van der Waals surface area contributed by atoms with Gasteiger partial charge in [-0.3, -0.25) is 23.8 Å². The van der Waals surface area contributed by atoms with Crippen LogP contribution in [0, 0.1) is 0 Å². The number of pyridine rings is 1. The number of thiocarbonyl (C=S) groups is 1. The number of thioether (sulfide) groups is 1. The molecule has 0 N–H and O–H groups in total. The zero-order valence-electron chi connectivity index (χ0n) is 22.1. The van der Waals surface area contributed by atoms with Gasteiger partial charge in [-0.25, -0.2) is 4.98 Å². The van der Waals surface area contributed by atoms with Gasteiger partial charge < -0.3 is 4.90 Å². The Morgan fingerprint density at radius 3 is 2.33 bits per heavy atom. The summed E-state index contributed by atoms with van der Waals surface area (Å²) < 4.78 is 2.02. The Kier molecular flexibility index (Phi) is 7.51. The van der Waals surface area contributed by atoms with Gasteiger partial charge in [0.1, 0.15) is 15.8 Å². The van der Waals surface area contributed by atoms with Gasteiger partial charge in [0.05, 0.1) is 16.5 Å². The van der Waals surface area contributed by atoms with Gasteiger partial charge in [-0.2, -0.15) is 0 Å². The van der Waals surface area contributed by atoms with Crippen LogP contribution in [-0.4, -0.2) is 55.6 Å². The van der Waals surface area contributed by atoms with Gasteiger partial charge in [0.2, 0.25) is 0 Å². The largest absolute Gasteiger partial charge is 0.353 e. The Labute approximate surface area is 242 Å². The van der Waals surface area contributed by atoms with E-state index in [2.05, 4.69) is 34.1 Å². The van der Waals surface area contributed by atoms with Gasteiger partial charge in [0, 0.05) is 38.9 Å². The molecule has 6 rings (SSSR count). The van der Waals surface area contributed by atoms with Crippen LogP contribution in [0.3, 0.4) is 0 Å². The standard InChI is InChI=1S/C31H29N5O2S2/c1-22(24-12-6-3-7-13-24)36-30(38)26(40-31(36)39)20-25-28(32-27-14-8-9-15-35(27)29(25)37)34-18-16-33(17-19-34)21-23-10-4-2-5-11-23/h2-15,20,22H,16-19,21H2,1H3. The Bertz CT molecular complexity index is 1650.